The van der Waals surface area contributed by atoms with Crippen LogP contribution in [0.3, 0.4) is 0 Å². The average Bonchev–Trinajstić information content (AvgIpc) is 2.85. The van der Waals surface area contributed by atoms with Crippen LogP contribution in [0.25, 0.3) is 0 Å². The molecule has 1 saturated carbocycles. The zero-order valence-corrected chi connectivity index (χ0v) is 12.5. The van der Waals surface area contributed by atoms with Gasteiger partial charge in [-0.25, -0.2) is 0 Å². The van der Waals surface area contributed by atoms with Crippen molar-refractivity contribution in [2.45, 2.75) is 77.3 Å². The van der Waals surface area contributed by atoms with Crippen LogP contribution in [0, 0.1) is 5.92 Å². The smallest absolute Gasteiger partial charge is 0.0625 e. The van der Waals surface area contributed by atoms with Crippen LogP contribution in [-0.4, -0.2) is 15.8 Å². The van der Waals surface area contributed by atoms with Gasteiger partial charge in [-0.05, 0) is 44.1 Å². The zero-order chi connectivity index (χ0) is 13.7. The van der Waals surface area contributed by atoms with Crippen molar-refractivity contribution in [2.75, 3.05) is 0 Å². The Morgan fingerprint density at radius 3 is 2.74 bits per heavy atom. The van der Waals surface area contributed by atoms with E-state index in [0.717, 1.165) is 19.3 Å². The number of hydrogen-bond acceptors (Lipinski definition) is 2. The second kappa shape index (κ2) is 7.09. The van der Waals surface area contributed by atoms with Crippen LogP contribution in [0.1, 0.15) is 70.5 Å². The van der Waals surface area contributed by atoms with E-state index in [0.29, 0.717) is 18.0 Å². The molecule has 1 aromatic heterocycles. The summed E-state index contributed by atoms with van der Waals surface area (Å²) in [5.74, 6) is 0.690. The standard InChI is InChI=1S/C16H29N3/c1-13(2)12-14(17)8-9-15-10-11-19(18-15)16-6-4-3-5-7-16/h10-11,13-14,16H,3-9,12,17H2,1-2H3. The molecule has 1 unspecified atom stereocenters. The zero-order valence-electron chi connectivity index (χ0n) is 12.5. The number of nitrogens with two attached hydrogens (primary N) is 1. The Balaban J connectivity index is 1.80. The van der Waals surface area contributed by atoms with Crippen molar-refractivity contribution in [1.29, 1.82) is 0 Å². The quantitative estimate of drug-likeness (QED) is 0.850. The van der Waals surface area contributed by atoms with Crippen LogP contribution in [0.15, 0.2) is 12.3 Å². The van der Waals surface area contributed by atoms with Gasteiger partial charge in [0.15, 0.2) is 0 Å². The van der Waals surface area contributed by atoms with E-state index in [2.05, 4.69) is 30.8 Å². The molecule has 0 saturated heterocycles. The first-order valence-electron chi connectivity index (χ1n) is 7.94. The lowest BCUT2D eigenvalue weighted by atomic mass is 9.96. The van der Waals surface area contributed by atoms with Crippen LogP contribution in [0.2, 0.25) is 0 Å². The van der Waals surface area contributed by atoms with Crippen molar-refractivity contribution >= 4 is 0 Å². The lowest BCUT2D eigenvalue weighted by molar-refractivity contribution is 0.327. The fourth-order valence-electron chi connectivity index (χ4n) is 3.12. The third-order valence-electron chi connectivity index (χ3n) is 4.16. The number of rotatable bonds is 6. The monoisotopic (exact) mass is 263 g/mol. The third-order valence-corrected chi connectivity index (χ3v) is 4.16. The summed E-state index contributed by atoms with van der Waals surface area (Å²) in [6, 6.07) is 3.14. The van der Waals surface area contributed by atoms with Crippen molar-refractivity contribution in [3.63, 3.8) is 0 Å². The molecule has 3 nitrogen and oxygen atoms in total. The Bertz CT molecular complexity index is 364. The van der Waals surface area contributed by atoms with Gasteiger partial charge in [0.25, 0.3) is 0 Å². The molecule has 0 bridgehead atoms. The predicted octanol–water partition coefficient (Wildman–Crippen LogP) is 3.69. The highest BCUT2D eigenvalue weighted by Gasteiger charge is 2.16. The SMILES string of the molecule is CC(C)CC(N)CCc1ccn(C2CCCCC2)n1. The summed E-state index contributed by atoms with van der Waals surface area (Å²) in [6.45, 7) is 4.47. The molecule has 1 aliphatic carbocycles. The molecular weight excluding hydrogens is 234 g/mol. The van der Waals surface area contributed by atoms with Crippen LogP contribution in [0.4, 0.5) is 0 Å². The van der Waals surface area contributed by atoms with E-state index in [1.807, 2.05) is 0 Å². The molecule has 2 N–H and O–H groups in total. The van der Waals surface area contributed by atoms with Crippen molar-refractivity contribution in [3.8, 4) is 0 Å². The number of hydrogen-bond donors (Lipinski definition) is 1. The van der Waals surface area contributed by atoms with E-state index in [1.54, 1.807) is 0 Å². The molecular formula is C16H29N3. The van der Waals surface area contributed by atoms with E-state index >= 15 is 0 Å². The maximum atomic E-state index is 6.14. The number of aromatic nitrogens is 2. The fourth-order valence-corrected chi connectivity index (χ4v) is 3.12. The topological polar surface area (TPSA) is 43.8 Å². The molecule has 0 spiro atoms. The molecule has 0 aliphatic heterocycles. The normalized spacial score (nSPS) is 18.9. The highest BCUT2D eigenvalue weighted by atomic mass is 15.3. The third kappa shape index (κ3) is 4.64. The Labute approximate surface area is 117 Å². The van der Waals surface area contributed by atoms with Gasteiger partial charge in [0.1, 0.15) is 0 Å². The van der Waals surface area contributed by atoms with Gasteiger partial charge >= 0.3 is 0 Å². The second-order valence-electron chi connectivity index (χ2n) is 6.51. The van der Waals surface area contributed by atoms with E-state index < -0.39 is 0 Å². The van der Waals surface area contributed by atoms with E-state index in [4.69, 9.17) is 10.8 Å². The highest BCUT2D eigenvalue weighted by Crippen LogP contribution is 2.27. The van der Waals surface area contributed by atoms with Gasteiger partial charge in [-0.2, -0.15) is 5.10 Å². The number of nitrogens with zero attached hydrogens (tertiary/aromatic N) is 2. The maximum absolute atomic E-state index is 6.14. The average molecular weight is 263 g/mol. The minimum atomic E-state index is 0.319. The van der Waals surface area contributed by atoms with Crippen LogP contribution >= 0.6 is 0 Å². The summed E-state index contributed by atoms with van der Waals surface area (Å²) in [4.78, 5) is 0. The van der Waals surface area contributed by atoms with Gasteiger partial charge in [0.2, 0.25) is 0 Å². The fraction of sp³-hybridized carbons (Fsp3) is 0.812. The van der Waals surface area contributed by atoms with Gasteiger partial charge in [-0.15, -0.1) is 0 Å². The summed E-state index contributed by atoms with van der Waals surface area (Å²) in [5.41, 5.74) is 7.35. The minimum Gasteiger partial charge on any atom is -0.328 e. The van der Waals surface area contributed by atoms with Gasteiger partial charge in [-0.1, -0.05) is 33.1 Å². The van der Waals surface area contributed by atoms with Crippen molar-refractivity contribution in [3.05, 3.63) is 18.0 Å². The Kier molecular flexibility index (Phi) is 5.44. The first-order valence-corrected chi connectivity index (χ1v) is 7.94. The van der Waals surface area contributed by atoms with E-state index in [9.17, 15) is 0 Å². The summed E-state index contributed by atoms with van der Waals surface area (Å²) in [7, 11) is 0. The first kappa shape index (κ1) is 14.6. The van der Waals surface area contributed by atoms with Gasteiger partial charge < -0.3 is 5.73 Å². The molecule has 1 aromatic rings. The molecule has 0 amide bonds. The summed E-state index contributed by atoms with van der Waals surface area (Å²) >= 11 is 0. The Morgan fingerprint density at radius 2 is 2.05 bits per heavy atom. The maximum Gasteiger partial charge on any atom is 0.0625 e. The molecule has 2 rings (SSSR count). The van der Waals surface area contributed by atoms with Gasteiger partial charge in [0.05, 0.1) is 11.7 Å². The second-order valence-corrected chi connectivity index (χ2v) is 6.51. The first-order chi connectivity index (χ1) is 9.15. The van der Waals surface area contributed by atoms with Crippen molar-refractivity contribution in [1.82, 2.24) is 9.78 Å². The lowest BCUT2D eigenvalue weighted by Crippen LogP contribution is -2.22. The molecule has 1 fully saturated rings. The summed E-state index contributed by atoms with van der Waals surface area (Å²) in [6.07, 6.45) is 12.1. The Morgan fingerprint density at radius 1 is 1.32 bits per heavy atom. The molecule has 0 aromatic carbocycles. The molecule has 3 heteroatoms. The van der Waals surface area contributed by atoms with Crippen LogP contribution in [-0.2, 0) is 6.42 Å². The molecule has 1 aliphatic rings. The van der Waals surface area contributed by atoms with Gasteiger partial charge in [0, 0.05) is 12.2 Å². The Hall–Kier alpha value is -0.830. The highest BCUT2D eigenvalue weighted by molar-refractivity contribution is 5.00. The lowest BCUT2D eigenvalue weighted by Gasteiger charge is -2.21. The molecule has 108 valence electrons. The predicted molar refractivity (Wildman–Crippen MR) is 80.1 cm³/mol. The molecule has 19 heavy (non-hydrogen) atoms. The molecule has 1 atom stereocenters. The van der Waals surface area contributed by atoms with E-state index in [1.165, 1.54) is 37.8 Å². The van der Waals surface area contributed by atoms with Crippen LogP contribution in [0.5, 0.6) is 0 Å². The van der Waals surface area contributed by atoms with Crippen molar-refractivity contribution in [2.24, 2.45) is 11.7 Å². The minimum absolute atomic E-state index is 0.319. The van der Waals surface area contributed by atoms with Crippen molar-refractivity contribution < 1.29 is 0 Å². The molecule has 1 heterocycles. The van der Waals surface area contributed by atoms with Gasteiger partial charge in [-0.3, -0.25) is 4.68 Å². The van der Waals surface area contributed by atoms with E-state index in [-0.39, 0.29) is 0 Å². The molecule has 0 radical (unpaired) electrons. The number of aryl methyl sites for hydroxylation is 1. The summed E-state index contributed by atoms with van der Waals surface area (Å²) < 4.78 is 2.20. The van der Waals surface area contributed by atoms with Crippen LogP contribution < -0.4 is 5.73 Å². The largest absolute Gasteiger partial charge is 0.328 e. The summed E-state index contributed by atoms with van der Waals surface area (Å²) in [5, 5.41) is 4.75.